The number of rotatable bonds is 6. The maximum absolute atomic E-state index is 5.59. The van der Waals surface area contributed by atoms with Crippen LogP contribution in [-0.2, 0) is 6.54 Å². The SMILES string of the molecule is COc1cc(C2CCN(Cc3ccco3)c3ccccc3S2)cc(OC)c1OC. The molecule has 2 aromatic carbocycles. The van der Waals surface area contributed by atoms with E-state index in [2.05, 4.69) is 41.3 Å². The van der Waals surface area contributed by atoms with Crippen LogP contribution in [0, 0.1) is 0 Å². The first-order valence-electron chi connectivity index (χ1n) is 9.56. The van der Waals surface area contributed by atoms with Gasteiger partial charge in [-0.1, -0.05) is 12.1 Å². The largest absolute Gasteiger partial charge is 0.493 e. The number of hydrogen-bond donors (Lipinski definition) is 0. The van der Waals surface area contributed by atoms with E-state index in [-0.39, 0.29) is 5.25 Å². The van der Waals surface area contributed by atoms with Gasteiger partial charge in [0.2, 0.25) is 5.75 Å². The zero-order chi connectivity index (χ0) is 20.2. The number of anilines is 1. The Hall–Kier alpha value is -2.73. The second kappa shape index (κ2) is 8.74. The molecule has 4 rings (SSSR count). The number of methoxy groups -OCH3 is 3. The summed E-state index contributed by atoms with van der Waals surface area (Å²) in [6.07, 6.45) is 2.71. The molecular formula is C23H25NO4S. The summed E-state index contributed by atoms with van der Waals surface area (Å²) in [5.41, 5.74) is 2.41. The van der Waals surface area contributed by atoms with Crippen LogP contribution in [0.5, 0.6) is 17.2 Å². The van der Waals surface area contributed by atoms with Gasteiger partial charge in [-0.15, -0.1) is 11.8 Å². The van der Waals surface area contributed by atoms with Crippen LogP contribution in [0.1, 0.15) is 23.0 Å². The summed E-state index contributed by atoms with van der Waals surface area (Å²) in [5, 5.41) is 0.270. The first-order valence-corrected chi connectivity index (χ1v) is 10.4. The van der Waals surface area contributed by atoms with Gasteiger partial charge in [-0.05, 0) is 48.4 Å². The highest BCUT2D eigenvalue weighted by molar-refractivity contribution is 7.99. The van der Waals surface area contributed by atoms with Crippen molar-refractivity contribution >= 4 is 17.4 Å². The summed E-state index contributed by atoms with van der Waals surface area (Å²) in [6, 6.07) is 16.6. The average Bonchev–Trinajstić information content (AvgIpc) is 3.20. The topological polar surface area (TPSA) is 44.1 Å². The molecule has 1 unspecified atom stereocenters. The van der Waals surface area contributed by atoms with E-state index in [9.17, 15) is 0 Å². The molecular weight excluding hydrogens is 386 g/mol. The van der Waals surface area contributed by atoms with Gasteiger partial charge in [0.05, 0.1) is 39.8 Å². The fourth-order valence-corrected chi connectivity index (χ4v) is 4.98. The highest BCUT2D eigenvalue weighted by Crippen LogP contribution is 2.48. The van der Waals surface area contributed by atoms with Crippen LogP contribution >= 0.6 is 11.8 Å². The van der Waals surface area contributed by atoms with E-state index in [1.54, 1.807) is 27.6 Å². The normalized spacial score (nSPS) is 16.1. The number of nitrogens with zero attached hydrogens (tertiary/aromatic N) is 1. The predicted molar refractivity (Wildman–Crippen MR) is 116 cm³/mol. The van der Waals surface area contributed by atoms with Crippen LogP contribution in [0.2, 0.25) is 0 Å². The minimum atomic E-state index is 0.270. The third-order valence-corrected chi connectivity index (χ3v) is 6.51. The zero-order valence-corrected chi connectivity index (χ0v) is 17.7. The minimum absolute atomic E-state index is 0.270. The first kappa shape index (κ1) is 19.6. The van der Waals surface area contributed by atoms with Crippen molar-refractivity contribution in [1.82, 2.24) is 0 Å². The van der Waals surface area contributed by atoms with Gasteiger partial charge in [-0.2, -0.15) is 0 Å². The monoisotopic (exact) mass is 411 g/mol. The van der Waals surface area contributed by atoms with E-state index in [1.165, 1.54) is 16.1 Å². The van der Waals surface area contributed by atoms with Gasteiger partial charge in [0, 0.05) is 16.7 Å². The molecule has 6 heteroatoms. The van der Waals surface area contributed by atoms with Gasteiger partial charge in [0.25, 0.3) is 0 Å². The second-order valence-electron chi connectivity index (χ2n) is 6.82. The zero-order valence-electron chi connectivity index (χ0n) is 16.9. The molecule has 0 radical (unpaired) electrons. The van der Waals surface area contributed by atoms with E-state index < -0.39 is 0 Å². The van der Waals surface area contributed by atoms with Crippen molar-refractivity contribution in [2.45, 2.75) is 23.1 Å². The fourth-order valence-electron chi connectivity index (χ4n) is 3.70. The molecule has 0 saturated heterocycles. The molecule has 0 N–H and O–H groups in total. The Balaban J connectivity index is 1.68. The highest BCUT2D eigenvalue weighted by Gasteiger charge is 2.26. The molecule has 0 bridgehead atoms. The molecule has 0 fully saturated rings. The number of benzene rings is 2. The molecule has 0 aliphatic carbocycles. The van der Waals surface area contributed by atoms with Gasteiger partial charge in [-0.25, -0.2) is 0 Å². The first-order chi connectivity index (χ1) is 14.2. The predicted octanol–water partition coefficient (Wildman–Crippen LogP) is 5.55. The van der Waals surface area contributed by atoms with Crippen LogP contribution in [0.25, 0.3) is 0 Å². The molecule has 0 amide bonds. The van der Waals surface area contributed by atoms with Crippen LogP contribution in [-0.4, -0.2) is 27.9 Å². The minimum Gasteiger partial charge on any atom is -0.493 e. The molecule has 0 spiro atoms. The molecule has 1 aromatic heterocycles. The Morgan fingerprint density at radius 1 is 1.00 bits per heavy atom. The maximum atomic E-state index is 5.59. The van der Waals surface area contributed by atoms with Crippen LogP contribution < -0.4 is 19.1 Å². The summed E-state index contributed by atoms with van der Waals surface area (Å²) in [4.78, 5) is 3.65. The molecule has 2 heterocycles. The lowest BCUT2D eigenvalue weighted by molar-refractivity contribution is 0.323. The van der Waals surface area contributed by atoms with E-state index in [0.717, 1.165) is 25.3 Å². The molecule has 152 valence electrons. The summed E-state index contributed by atoms with van der Waals surface area (Å²) in [5.74, 6) is 2.97. The molecule has 0 saturated carbocycles. The Labute approximate surface area is 175 Å². The maximum Gasteiger partial charge on any atom is 0.203 e. The number of ether oxygens (including phenoxy) is 3. The van der Waals surface area contributed by atoms with Crippen molar-refractivity contribution in [3.8, 4) is 17.2 Å². The Kier molecular flexibility index (Phi) is 5.90. The van der Waals surface area contributed by atoms with Gasteiger partial charge in [0.1, 0.15) is 5.76 Å². The van der Waals surface area contributed by atoms with Crippen molar-refractivity contribution in [2.24, 2.45) is 0 Å². The number of hydrogen-bond acceptors (Lipinski definition) is 6. The van der Waals surface area contributed by atoms with Crippen molar-refractivity contribution in [3.05, 3.63) is 66.1 Å². The number of thioether (sulfide) groups is 1. The van der Waals surface area contributed by atoms with E-state index in [4.69, 9.17) is 18.6 Å². The van der Waals surface area contributed by atoms with Crippen molar-refractivity contribution in [3.63, 3.8) is 0 Å². The highest BCUT2D eigenvalue weighted by atomic mass is 32.2. The molecule has 3 aromatic rings. The van der Waals surface area contributed by atoms with Crippen molar-refractivity contribution in [1.29, 1.82) is 0 Å². The van der Waals surface area contributed by atoms with E-state index >= 15 is 0 Å². The molecule has 1 atom stereocenters. The van der Waals surface area contributed by atoms with E-state index in [1.807, 2.05) is 23.9 Å². The smallest absolute Gasteiger partial charge is 0.203 e. The molecule has 1 aliphatic rings. The van der Waals surface area contributed by atoms with Crippen molar-refractivity contribution in [2.75, 3.05) is 32.8 Å². The third kappa shape index (κ3) is 4.03. The Bertz CT molecular complexity index is 932. The summed E-state index contributed by atoms with van der Waals surface area (Å²) < 4.78 is 22.2. The van der Waals surface area contributed by atoms with Gasteiger partial charge >= 0.3 is 0 Å². The lowest BCUT2D eigenvalue weighted by atomic mass is 10.1. The summed E-state index contributed by atoms with van der Waals surface area (Å²) in [7, 11) is 4.94. The van der Waals surface area contributed by atoms with Crippen LogP contribution in [0.15, 0.2) is 64.1 Å². The molecule has 5 nitrogen and oxygen atoms in total. The molecule has 1 aliphatic heterocycles. The lowest BCUT2D eigenvalue weighted by Crippen LogP contribution is -2.23. The Morgan fingerprint density at radius 2 is 1.76 bits per heavy atom. The Morgan fingerprint density at radius 3 is 2.41 bits per heavy atom. The number of fused-ring (bicyclic) bond motifs is 1. The quantitative estimate of drug-likeness (QED) is 0.530. The van der Waals surface area contributed by atoms with Gasteiger partial charge < -0.3 is 23.5 Å². The van der Waals surface area contributed by atoms with Gasteiger partial charge in [-0.3, -0.25) is 0 Å². The fraction of sp³-hybridized carbons (Fsp3) is 0.304. The van der Waals surface area contributed by atoms with Crippen LogP contribution in [0.4, 0.5) is 5.69 Å². The second-order valence-corrected chi connectivity index (χ2v) is 8.07. The summed E-state index contributed by atoms with van der Waals surface area (Å²) >= 11 is 1.87. The average molecular weight is 412 g/mol. The number of furan rings is 1. The van der Waals surface area contributed by atoms with Gasteiger partial charge in [0.15, 0.2) is 11.5 Å². The number of para-hydroxylation sites is 1. The van der Waals surface area contributed by atoms with E-state index in [0.29, 0.717) is 17.2 Å². The van der Waals surface area contributed by atoms with Crippen LogP contribution in [0.3, 0.4) is 0 Å². The van der Waals surface area contributed by atoms with Crippen molar-refractivity contribution < 1.29 is 18.6 Å². The standard InChI is InChI=1S/C23H25NO4S/c1-25-19-13-16(14-20(26-2)23(19)27-3)21-10-11-24(15-17-7-6-12-28-17)18-8-4-5-9-22(18)29-21/h4-9,12-14,21H,10-11,15H2,1-3H3. The lowest BCUT2D eigenvalue weighted by Gasteiger charge is -2.23. The third-order valence-electron chi connectivity index (χ3n) is 5.12. The molecule has 29 heavy (non-hydrogen) atoms. The summed E-state index contributed by atoms with van der Waals surface area (Å²) in [6.45, 7) is 1.68.